The first-order chi connectivity index (χ1) is 7.11. The van der Waals surface area contributed by atoms with Gasteiger partial charge in [-0.1, -0.05) is 17.9 Å². The minimum absolute atomic E-state index is 0.0878. The Kier molecular flexibility index (Phi) is 4.37. The van der Waals surface area contributed by atoms with Crippen molar-refractivity contribution < 1.29 is 14.6 Å². The normalized spacial score (nSPS) is 15.0. The van der Waals surface area contributed by atoms with E-state index in [2.05, 4.69) is 5.73 Å². The van der Waals surface area contributed by atoms with Crippen LogP contribution in [0.2, 0.25) is 0 Å². The van der Waals surface area contributed by atoms with Crippen LogP contribution in [-0.4, -0.2) is 17.7 Å². The van der Waals surface area contributed by atoms with Gasteiger partial charge in [0, 0.05) is 12.5 Å². The van der Waals surface area contributed by atoms with Crippen LogP contribution in [0.1, 0.15) is 6.92 Å². The largest absolute Gasteiger partial charge is 0.420 e. The van der Waals surface area contributed by atoms with Gasteiger partial charge in [-0.05, 0) is 12.2 Å². The van der Waals surface area contributed by atoms with Crippen LogP contribution in [0.4, 0.5) is 0 Å². The third kappa shape index (κ3) is 4.17. The van der Waals surface area contributed by atoms with E-state index in [4.69, 9.17) is 21.4 Å². The molecule has 0 fully saturated rings. The first-order valence-electron chi connectivity index (χ1n) is 4.29. The molecule has 4 heteroatoms. The van der Waals surface area contributed by atoms with E-state index >= 15 is 0 Å². The van der Waals surface area contributed by atoms with E-state index in [1.54, 1.807) is 24.3 Å². The number of aliphatic hydroxyl groups excluding tert-OH is 1. The standard InChI is InChI=1S/C11H10ClO3/c1-8(14)15-11(7-13)6-9-2-4-10(12)5-3-9/h2-5,13H,7H2,1H3. The van der Waals surface area contributed by atoms with Gasteiger partial charge >= 0.3 is 5.97 Å². The zero-order chi connectivity index (χ0) is 11.3. The number of esters is 1. The van der Waals surface area contributed by atoms with Crippen molar-refractivity contribution in [1.29, 1.82) is 0 Å². The predicted octanol–water partition coefficient (Wildman–Crippen LogP) is 1.85. The zero-order valence-corrected chi connectivity index (χ0v) is 8.91. The van der Waals surface area contributed by atoms with Gasteiger partial charge in [-0.2, -0.15) is 0 Å². The summed E-state index contributed by atoms with van der Waals surface area (Å²) in [5.41, 5.74) is 3.44. The number of allylic oxidation sites excluding steroid dienone is 4. The summed E-state index contributed by atoms with van der Waals surface area (Å²) in [7, 11) is 0. The summed E-state index contributed by atoms with van der Waals surface area (Å²) in [6, 6.07) is 0. The van der Waals surface area contributed by atoms with Gasteiger partial charge in [-0.15, -0.1) is 11.6 Å². The van der Waals surface area contributed by atoms with E-state index in [0.717, 1.165) is 0 Å². The SMILES string of the molecule is CC(=O)OC(=C=C1C=C[C](Cl)C=C1)CO. The van der Waals surface area contributed by atoms with E-state index in [1.807, 2.05) is 0 Å². The molecular formula is C11H10ClO3. The predicted molar refractivity (Wildman–Crippen MR) is 56.8 cm³/mol. The monoisotopic (exact) mass is 225 g/mol. The van der Waals surface area contributed by atoms with Crippen molar-refractivity contribution in [3.63, 3.8) is 0 Å². The first-order valence-corrected chi connectivity index (χ1v) is 4.67. The summed E-state index contributed by atoms with van der Waals surface area (Å²) in [5, 5.41) is 9.50. The van der Waals surface area contributed by atoms with E-state index in [9.17, 15) is 4.79 Å². The Labute approximate surface area is 93.0 Å². The van der Waals surface area contributed by atoms with Crippen LogP contribution in [0, 0.1) is 5.38 Å². The number of aliphatic hydroxyl groups is 1. The van der Waals surface area contributed by atoms with Crippen molar-refractivity contribution in [2.75, 3.05) is 6.61 Å². The molecule has 0 atom stereocenters. The second-order valence-corrected chi connectivity index (χ2v) is 3.24. The van der Waals surface area contributed by atoms with Crippen molar-refractivity contribution in [3.8, 4) is 0 Å². The minimum atomic E-state index is -0.486. The highest BCUT2D eigenvalue weighted by atomic mass is 35.5. The highest BCUT2D eigenvalue weighted by Crippen LogP contribution is 2.18. The molecule has 0 saturated carbocycles. The number of ether oxygens (including phenoxy) is 1. The second-order valence-electron chi connectivity index (χ2n) is 2.81. The van der Waals surface area contributed by atoms with Gasteiger partial charge in [0.2, 0.25) is 0 Å². The lowest BCUT2D eigenvalue weighted by atomic mass is 10.1. The van der Waals surface area contributed by atoms with Gasteiger partial charge in [0.25, 0.3) is 0 Å². The highest BCUT2D eigenvalue weighted by molar-refractivity contribution is 6.30. The van der Waals surface area contributed by atoms with Crippen LogP contribution < -0.4 is 0 Å². The Bertz CT molecular complexity index is 357. The summed E-state index contributed by atoms with van der Waals surface area (Å²) in [6.45, 7) is 0.890. The molecule has 1 N–H and O–H groups in total. The molecule has 0 aromatic carbocycles. The number of hydrogen-bond donors (Lipinski definition) is 1. The molecule has 1 radical (unpaired) electrons. The Morgan fingerprint density at radius 1 is 1.47 bits per heavy atom. The van der Waals surface area contributed by atoms with Gasteiger partial charge < -0.3 is 9.84 Å². The fraction of sp³-hybridized carbons (Fsp3) is 0.182. The average molecular weight is 226 g/mol. The molecule has 79 valence electrons. The van der Waals surface area contributed by atoms with Crippen LogP contribution in [0.15, 0.2) is 41.4 Å². The molecule has 0 spiro atoms. The van der Waals surface area contributed by atoms with E-state index in [1.165, 1.54) is 6.92 Å². The number of halogens is 1. The number of carbonyl (C=O) groups is 1. The third-order valence-corrected chi connectivity index (χ3v) is 1.79. The topological polar surface area (TPSA) is 46.5 Å². The van der Waals surface area contributed by atoms with Crippen molar-refractivity contribution >= 4 is 17.6 Å². The van der Waals surface area contributed by atoms with E-state index in [-0.39, 0.29) is 12.4 Å². The van der Waals surface area contributed by atoms with Crippen LogP contribution >= 0.6 is 11.6 Å². The lowest BCUT2D eigenvalue weighted by Crippen LogP contribution is -2.01. The summed E-state index contributed by atoms with van der Waals surface area (Å²) in [6.07, 6.45) is 6.79. The number of rotatable bonds is 2. The van der Waals surface area contributed by atoms with Gasteiger partial charge in [-0.25, -0.2) is 0 Å². The smallest absolute Gasteiger partial charge is 0.308 e. The molecule has 1 aliphatic carbocycles. The first kappa shape index (κ1) is 11.8. The summed E-state index contributed by atoms with van der Waals surface area (Å²) in [4.78, 5) is 10.6. The minimum Gasteiger partial charge on any atom is -0.420 e. The summed E-state index contributed by atoms with van der Waals surface area (Å²) >= 11 is 5.70. The van der Waals surface area contributed by atoms with Crippen LogP contribution in [0.3, 0.4) is 0 Å². The van der Waals surface area contributed by atoms with E-state index in [0.29, 0.717) is 11.0 Å². The molecule has 1 aliphatic rings. The molecule has 3 nitrogen and oxygen atoms in total. The molecule has 0 saturated heterocycles. The van der Waals surface area contributed by atoms with Crippen LogP contribution in [-0.2, 0) is 9.53 Å². The van der Waals surface area contributed by atoms with Crippen molar-refractivity contribution in [2.24, 2.45) is 0 Å². The molecule has 15 heavy (non-hydrogen) atoms. The quantitative estimate of drug-likeness (QED) is 0.443. The van der Waals surface area contributed by atoms with Crippen LogP contribution in [0.25, 0.3) is 0 Å². The Morgan fingerprint density at radius 3 is 2.53 bits per heavy atom. The maximum Gasteiger partial charge on any atom is 0.308 e. The maximum atomic E-state index is 10.6. The average Bonchev–Trinajstić information content (AvgIpc) is 2.19. The van der Waals surface area contributed by atoms with Crippen molar-refractivity contribution in [1.82, 2.24) is 0 Å². The van der Waals surface area contributed by atoms with Gasteiger partial charge in [0.1, 0.15) is 12.0 Å². The third-order valence-electron chi connectivity index (χ3n) is 1.54. The summed E-state index contributed by atoms with van der Waals surface area (Å²) < 4.78 is 4.72. The Balaban J connectivity index is 2.90. The van der Waals surface area contributed by atoms with E-state index < -0.39 is 5.97 Å². The molecule has 0 unspecified atom stereocenters. The lowest BCUT2D eigenvalue weighted by molar-refractivity contribution is -0.137. The van der Waals surface area contributed by atoms with Crippen LogP contribution in [0.5, 0.6) is 0 Å². The molecule has 0 aromatic rings. The Hall–Kier alpha value is -1.28. The second kappa shape index (κ2) is 5.56. The fourth-order valence-corrected chi connectivity index (χ4v) is 1.09. The molecule has 0 aromatic heterocycles. The maximum absolute atomic E-state index is 10.6. The Morgan fingerprint density at radius 2 is 2.07 bits per heavy atom. The molecule has 1 rings (SSSR count). The lowest BCUT2D eigenvalue weighted by Gasteiger charge is -2.03. The molecule has 0 aliphatic heterocycles. The molecule has 0 heterocycles. The number of hydrogen-bond acceptors (Lipinski definition) is 3. The molecular weight excluding hydrogens is 216 g/mol. The van der Waals surface area contributed by atoms with Gasteiger partial charge in [-0.3, -0.25) is 4.79 Å². The molecule has 0 bridgehead atoms. The highest BCUT2D eigenvalue weighted by Gasteiger charge is 2.03. The zero-order valence-electron chi connectivity index (χ0n) is 8.16. The van der Waals surface area contributed by atoms with Gasteiger partial charge in [0.05, 0.1) is 0 Å². The fourth-order valence-electron chi connectivity index (χ4n) is 0.965. The number of carbonyl (C=O) groups excluding carboxylic acids is 1. The van der Waals surface area contributed by atoms with Crippen molar-refractivity contribution in [3.05, 3.63) is 46.7 Å². The summed E-state index contributed by atoms with van der Waals surface area (Å²) in [5.74, 6) is -0.398. The van der Waals surface area contributed by atoms with Gasteiger partial charge in [0.15, 0.2) is 5.76 Å². The molecule has 0 amide bonds. The van der Waals surface area contributed by atoms with Crippen molar-refractivity contribution in [2.45, 2.75) is 6.92 Å².